The molecule has 0 saturated heterocycles. The first-order chi connectivity index (χ1) is 24.8. The number of methoxy groups -OCH3 is 1. The van der Waals surface area contributed by atoms with Gasteiger partial charge in [-0.1, -0.05) is 65.3 Å². The minimum absolute atomic E-state index is 0.000563. The van der Waals surface area contributed by atoms with Crippen LogP contribution in [0.25, 0.3) is 11.4 Å². The zero-order valence-electron chi connectivity index (χ0n) is 27.9. The molecule has 3 N–H and O–H groups in total. The largest absolute Gasteiger partial charge is 0.497 e. The van der Waals surface area contributed by atoms with Crippen LogP contribution in [0.15, 0.2) is 95.5 Å². The second-order valence-electron chi connectivity index (χ2n) is 11.7. The van der Waals surface area contributed by atoms with Crippen LogP contribution in [-0.2, 0) is 35.3 Å². The second-order valence-corrected chi connectivity index (χ2v) is 11.7. The number of nitrogens with zero attached hydrogens (tertiary/aromatic N) is 3. The monoisotopic (exact) mass is 715 g/mol. The summed E-state index contributed by atoms with van der Waals surface area (Å²) in [5.41, 5.74) is 2.20. The fourth-order valence-corrected chi connectivity index (χ4v) is 5.10. The lowest BCUT2D eigenvalue weighted by molar-refractivity contribution is -0.139. The molecule has 0 aliphatic carbocycles. The molecule has 0 unspecified atom stereocenters. The number of ether oxygens (including phenoxy) is 1. The Labute approximate surface area is 295 Å². The first-order valence-corrected chi connectivity index (χ1v) is 15.7. The highest BCUT2D eigenvalue weighted by Gasteiger charge is 2.34. The molecule has 0 spiro atoms. The van der Waals surface area contributed by atoms with E-state index in [1.807, 2.05) is 31.2 Å². The molecule has 0 fully saturated rings. The van der Waals surface area contributed by atoms with Crippen LogP contribution >= 0.6 is 0 Å². The van der Waals surface area contributed by atoms with Crippen molar-refractivity contribution in [1.82, 2.24) is 20.4 Å². The van der Waals surface area contributed by atoms with E-state index >= 15 is 0 Å². The number of hydrogen-bond acceptors (Lipinski definition) is 8. The molecule has 4 aromatic carbocycles. The molecule has 1 aromatic heterocycles. The SMILES string of the molecule is COc1ccc(CC(=O)Nc2ccc(C(=O)N(CC(=O)O)Cc3ccc(-c4noc(C(=O)NCc5ccc(C)cc5)n4)cc3)cc2)c(C(F)(F)F)c1. The summed E-state index contributed by atoms with van der Waals surface area (Å²) in [4.78, 5) is 55.4. The molecule has 0 aliphatic rings. The summed E-state index contributed by atoms with van der Waals surface area (Å²) in [5.74, 6) is -3.18. The summed E-state index contributed by atoms with van der Waals surface area (Å²) in [6.07, 6.45) is -5.27. The Hall–Kier alpha value is -6.51. The first kappa shape index (κ1) is 36.8. The van der Waals surface area contributed by atoms with Crippen molar-refractivity contribution in [3.63, 3.8) is 0 Å². The number of carbonyl (C=O) groups is 4. The van der Waals surface area contributed by atoms with Crippen molar-refractivity contribution >= 4 is 29.4 Å². The molecule has 12 nitrogen and oxygen atoms in total. The quantitative estimate of drug-likeness (QED) is 0.134. The van der Waals surface area contributed by atoms with Gasteiger partial charge in [0.25, 0.3) is 5.91 Å². The van der Waals surface area contributed by atoms with Gasteiger partial charge in [0.2, 0.25) is 11.7 Å². The van der Waals surface area contributed by atoms with Gasteiger partial charge in [0, 0.05) is 29.9 Å². The molecule has 0 atom stereocenters. The number of halogens is 3. The number of carboxylic acid groups (broad SMARTS) is 1. The summed E-state index contributed by atoms with van der Waals surface area (Å²) < 4.78 is 50.6. The Bertz CT molecular complexity index is 2060. The molecular formula is C37H32F3N5O7. The third-order valence-electron chi connectivity index (χ3n) is 7.78. The highest BCUT2D eigenvalue weighted by molar-refractivity contribution is 5.97. The second kappa shape index (κ2) is 16.0. The lowest BCUT2D eigenvalue weighted by Crippen LogP contribution is -2.35. The summed E-state index contributed by atoms with van der Waals surface area (Å²) in [6, 6.07) is 23.1. The maximum absolute atomic E-state index is 13.5. The van der Waals surface area contributed by atoms with Gasteiger partial charge in [0.15, 0.2) is 0 Å². The summed E-state index contributed by atoms with van der Waals surface area (Å²) in [5, 5.41) is 18.6. The van der Waals surface area contributed by atoms with E-state index in [0.717, 1.165) is 22.1 Å². The van der Waals surface area contributed by atoms with Gasteiger partial charge in [-0.3, -0.25) is 19.2 Å². The van der Waals surface area contributed by atoms with E-state index in [1.54, 1.807) is 24.3 Å². The van der Waals surface area contributed by atoms with Gasteiger partial charge in [-0.2, -0.15) is 18.2 Å². The Morgan fingerprint density at radius 1 is 0.904 bits per heavy atom. The van der Waals surface area contributed by atoms with Gasteiger partial charge < -0.3 is 29.9 Å². The number of aliphatic carboxylic acids is 1. The standard InChI is InChI=1S/C37H32F3N5O7/c1-22-3-5-23(6-4-22)19-41-34(49)35-43-33(44-52-35)25-9-7-24(8-10-25)20-45(21-32(47)48)36(50)26-11-14-28(15-12-26)42-31(46)17-27-13-16-29(51-2)18-30(27)37(38,39)40/h3-16,18H,17,19-21H2,1-2H3,(H,41,49)(H,42,46)(H,47,48). The smallest absolute Gasteiger partial charge is 0.416 e. The van der Waals surface area contributed by atoms with E-state index < -0.39 is 48.4 Å². The van der Waals surface area contributed by atoms with E-state index in [2.05, 4.69) is 20.8 Å². The molecule has 1 heterocycles. The number of benzene rings is 4. The molecule has 52 heavy (non-hydrogen) atoms. The number of aromatic nitrogens is 2. The van der Waals surface area contributed by atoms with E-state index in [4.69, 9.17) is 9.26 Å². The van der Waals surface area contributed by atoms with Crippen LogP contribution in [-0.4, -0.2) is 57.5 Å². The highest BCUT2D eigenvalue weighted by Crippen LogP contribution is 2.35. The van der Waals surface area contributed by atoms with Gasteiger partial charge in [-0.25, -0.2) is 0 Å². The lowest BCUT2D eigenvalue weighted by Gasteiger charge is -2.21. The molecule has 3 amide bonds. The van der Waals surface area contributed by atoms with Crippen LogP contribution in [0.3, 0.4) is 0 Å². The number of anilines is 1. The van der Waals surface area contributed by atoms with Crippen molar-refractivity contribution < 1.29 is 46.7 Å². The molecular weight excluding hydrogens is 683 g/mol. The van der Waals surface area contributed by atoms with Gasteiger partial charge in [-0.15, -0.1) is 0 Å². The maximum atomic E-state index is 13.5. The first-order valence-electron chi connectivity index (χ1n) is 15.7. The normalized spacial score (nSPS) is 11.1. The highest BCUT2D eigenvalue weighted by atomic mass is 19.4. The Balaban J connectivity index is 1.20. The zero-order chi connectivity index (χ0) is 37.4. The molecule has 0 bridgehead atoms. The Morgan fingerprint density at radius 3 is 2.21 bits per heavy atom. The minimum atomic E-state index is -4.70. The van der Waals surface area contributed by atoms with Crippen LogP contribution < -0.4 is 15.4 Å². The summed E-state index contributed by atoms with van der Waals surface area (Å²) in [6.45, 7) is 1.55. The van der Waals surface area contributed by atoms with Gasteiger partial charge in [0.1, 0.15) is 12.3 Å². The van der Waals surface area contributed by atoms with Crippen molar-refractivity contribution in [1.29, 1.82) is 0 Å². The van der Waals surface area contributed by atoms with Crippen LogP contribution in [0.4, 0.5) is 18.9 Å². The Kier molecular flexibility index (Phi) is 11.3. The van der Waals surface area contributed by atoms with Crippen molar-refractivity contribution in [2.75, 3.05) is 19.0 Å². The maximum Gasteiger partial charge on any atom is 0.416 e. The third kappa shape index (κ3) is 9.59. The zero-order valence-corrected chi connectivity index (χ0v) is 27.9. The Morgan fingerprint density at radius 2 is 1.58 bits per heavy atom. The van der Waals surface area contributed by atoms with Gasteiger partial charge >= 0.3 is 23.9 Å². The van der Waals surface area contributed by atoms with Crippen molar-refractivity contribution in [3.05, 3.63) is 130 Å². The topological polar surface area (TPSA) is 164 Å². The number of nitrogens with one attached hydrogen (secondary N) is 2. The average Bonchev–Trinajstić information content (AvgIpc) is 3.61. The number of hydrogen-bond donors (Lipinski definition) is 3. The van der Waals surface area contributed by atoms with Crippen molar-refractivity contribution in [2.45, 2.75) is 32.6 Å². The summed E-state index contributed by atoms with van der Waals surface area (Å²) in [7, 11) is 1.24. The fourth-order valence-electron chi connectivity index (χ4n) is 5.10. The average molecular weight is 716 g/mol. The molecule has 5 aromatic rings. The molecule has 5 rings (SSSR count). The van der Waals surface area contributed by atoms with Crippen LogP contribution in [0.5, 0.6) is 5.75 Å². The van der Waals surface area contributed by atoms with E-state index in [9.17, 15) is 37.5 Å². The lowest BCUT2D eigenvalue weighted by atomic mass is 10.0. The number of rotatable bonds is 13. The van der Waals surface area contributed by atoms with E-state index in [0.29, 0.717) is 11.1 Å². The molecule has 15 heteroatoms. The number of carbonyl (C=O) groups excluding carboxylic acids is 3. The third-order valence-corrected chi connectivity index (χ3v) is 7.78. The predicted octanol–water partition coefficient (Wildman–Crippen LogP) is 5.91. The molecule has 268 valence electrons. The summed E-state index contributed by atoms with van der Waals surface area (Å²) >= 11 is 0. The van der Waals surface area contributed by atoms with Gasteiger partial charge in [-0.05, 0) is 60.0 Å². The van der Waals surface area contributed by atoms with Gasteiger partial charge in [0.05, 0.1) is 19.1 Å². The van der Waals surface area contributed by atoms with Crippen molar-refractivity contribution in [3.8, 4) is 17.1 Å². The number of amides is 3. The van der Waals surface area contributed by atoms with Crippen LogP contribution in [0, 0.1) is 6.92 Å². The minimum Gasteiger partial charge on any atom is -0.497 e. The number of alkyl halides is 3. The fraction of sp³-hybridized carbons (Fsp3) is 0.189. The van der Waals surface area contributed by atoms with Crippen molar-refractivity contribution in [2.24, 2.45) is 0 Å². The molecule has 0 saturated carbocycles. The molecule has 0 radical (unpaired) electrons. The molecule has 0 aliphatic heterocycles. The predicted molar refractivity (Wildman–Crippen MR) is 181 cm³/mol. The number of carboxylic acids is 1. The van der Waals surface area contributed by atoms with E-state index in [-0.39, 0.29) is 47.4 Å². The van der Waals surface area contributed by atoms with E-state index in [1.165, 1.54) is 43.5 Å². The van der Waals surface area contributed by atoms with Crippen LogP contribution in [0.1, 0.15) is 48.9 Å². The number of aryl methyl sites for hydroxylation is 1. The van der Waals surface area contributed by atoms with Crippen LogP contribution in [0.2, 0.25) is 0 Å².